The van der Waals surface area contributed by atoms with Gasteiger partial charge in [-0.15, -0.1) is 0 Å². The third kappa shape index (κ3) is 3.82. The van der Waals surface area contributed by atoms with Gasteiger partial charge in [0.25, 0.3) is 0 Å². The zero-order chi connectivity index (χ0) is 15.1. The van der Waals surface area contributed by atoms with Gasteiger partial charge in [-0.3, -0.25) is 0 Å². The molecule has 0 bridgehead atoms. The number of ether oxygens (including phenoxy) is 2. The number of rotatable bonds is 5. The van der Waals surface area contributed by atoms with Gasteiger partial charge in [-0.2, -0.15) is 0 Å². The van der Waals surface area contributed by atoms with Crippen molar-refractivity contribution in [1.29, 1.82) is 0 Å². The Morgan fingerprint density at radius 2 is 1.81 bits per heavy atom. The first kappa shape index (κ1) is 14.6. The molecule has 0 fully saturated rings. The minimum atomic E-state index is -0.515. The molecule has 2 rings (SSSR count). The molecule has 0 radical (unpaired) electrons. The topological polar surface area (TPSA) is 57.1 Å². The summed E-state index contributed by atoms with van der Waals surface area (Å²) in [5.74, 6) is 0.735. The summed E-state index contributed by atoms with van der Waals surface area (Å²) < 4.78 is 10.3. The molecule has 0 saturated heterocycles. The average molecular weight is 285 g/mol. The highest BCUT2D eigenvalue weighted by atomic mass is 16.7. The highest BCUT2D eigenvalue weighted by molar-refractivity contribution is 5.90. The summed E-state index contributed by atoms with van der Waals surface area (Å²) >= 11 is 0. The Bertz CT molecular complexity index is 638. The molecule has 0 aliphatic heterocycles. The minimum absolute atomic E-state index is 0.441. The maximum atomic E-state index is 11.7. The van der Waals surface area contributed by atoms with Crippen LogP contribution >= 0.6 is 0 Å². The quantitative estimate of drug-likeness (QED) is 0.481. The lowest BCUT2D eigenvalue weighted by molar-refractivity contribution is 0.0519. The number of hydrogen-bond acceptors (Lipinski definition) is 5. The van der Waals surface area contributed by atoms with Gasteiger partial charge in [0.2, 0.25) is 0 Å². The van der Waals surface area contributed by atoms with E-state index >= 15 is 0 Å². The van der Waals surface area contributed by atoms with Crippen LogP contribution in [0.5, 0.6) is 11.5 Å². The molecule has 0 spiro atoms. The summed E-state index contributed by atoms with van der Waals surface area (Å²) in [4.78, 5) is 16.5. The predicted molar refractivity (Wildman–Crippen MR) is 79.0 cm³/mol. The highest BCUT2D eigenvalue weighted by Gasteiger charge is 2.06. The van der Waals surface area contributed by atoms with Crippen molar-refractivity contribution in [3.05, 3.63) is 59.7 Å². The first-order valence-electron chi connectivity index (χ1n) is 6.26. The van der Waals surface area contributed by atoms with Gasteiger partial charge in [-0.05, 0) is 24.3 Å². The van der Waals surface area contributed by atoms with E-state index in [0.29, 0.717) is 22.6 Å². The molecule has 0 aliphatic rings. The molecule has 5 nitrogen and oxygen atoms in total. The molecule has 0 atom stereocenters. The van der Waals surface area contributed by atoms with Crippen molar-refractivity contribution in [2.24, 2.45) is 5.16 Å². The van der Waals surface area contributed by atoms with Crippen molar-refractivity contribution >= 4 is 12.2 Å². The van der Waals surface area contributed by atoms with Crippen molar-refractivity contribution in [3.8, 4) is 11.5 Å². The Kier molecular flexibility index (Phi) is 4.93. The maximum Gasteiger partial charge on any atom is 0.365 e. The van der Waals surface area contributed by atoms with Crippen LogP contribution in [0.15, 0.2) is 53.7 Å². The molecule has 108 valence electrons. The van der Waals surface area contributed by atoms with Crippen LogP contribution in [0.3, 0.4) is 0 Å². The second-order valence-electron chi connectivity index (χ2n) is 4.09. The zero-order valence-corrected chi connectivity index (χ0v) is 11.8. The molecule has 0 aliphatic carbocycles. The Balaban J connectivity index is 2.06. The summed E-state index contributed by atoms with van der Waals surface area (Å²) in [7, 11) is 3.12. The van der Waals surface area contributed by atoms with Gasteiger partial charge in [-0.1, -0.05) is 23.4 Å². The number of benzene rings is 2. The zero-order valence-electron chi connectivity index (χ0n) is 11.8. The molecule has 21 heavy (non-hydrogen) atoms. The molecule has 2 aromatic rings. The molecule has 0 aromatic heterocycles. The fraction of sp³-hybridized carbons (Fsp3) is 0.125. The SMILES string of the molecule is COc1ccc(C=NOC(=O)c2ccccc2)c(OC)c1. The van der Waals surface area contributed by atoms with Crippen LogP contribution in [0.2, 0.25) is 0 Å². The van der Waals surface area contributed by atoms with Gasteiger partial charge in [0.1, 0.15) is 11.5 Å². The molecular weight excluding hydrogens is 270 g/mol. The van der Waals surface area contributed by atoms with Crippen molar-refractivity contribution in [1.82, 2.24) is 0 Å². The monoisotopic (exact) mass is 285 g/mol. The first-order valence-corrected chi connectivity index (χ1v) is 6.26. The molecule has 0 N–H and O–H groups in total. The Hall–Kier alpha value is -2.82. The van der Waals surface area contributed by atoms with Crippen LogP contribution < -0.4 is 9.47 Å². The van der Waals surface area contributed by atoms with E-state index in [1.165, 1.54) is 6.21 Å². The largest absolute Gasteiger partial charge is 0.497 e. The summed E-state index contributed by atoms with van der Waals surface area (Å²) in [5, 5.41) is 3.69. The number of carbonyl (C=O) groups excluding carboxylic acids is 1. The van der Waals surface area contributed by atoms with Gasteiger partial charge < -0.3 is 14.3 Å². The van der Waals surface area contributed by atoms with Gasteiger partial charge in [-0.25, -0.2) is 4.79 Å². The lowest BCUT2D eigenvalue weighted by Gasteiger charge is -2.06. The first-order chi connectivity index (χ1) is 10.2. The van der Waals surface area contributed by atoms with E-state index < -0.39 is 5.97 Å². The summed E-state index contributed by atoms with van der Waals surface area (Å²) in [6.07, 6.45) is 1.42. The molecular formula is C16H15NO4. The van der Waals surface area contributed by atoms with E-state index in [4.69, 9.17) is 14.3 Å². The lowest BCUT2D eigenvalue weighted by atomic mass is 10.2. The Labute approximate surface area is 122 Å². The van der Waals surface area contributed by atoms with E-state index in [9.17, 15) is 4.79 Å². The van der Waals surface area contributed by atoms with E-state index in [-0.39, 0.29) is 0 Å². The number of carbonyl (C=O) groups is 1. The van der Waals surface area contributed by atoms with Crippen LogP contribution in [0.1, 0.15) is 15.9 Å². The van der Waals surface area contributed by atoms with E-state index in [0.717, 1.165) is 0 Å². The predicted octanol–water partition coefficient (Wildman–Crippen LogP) is 2.89. The van der Waals surface area contributed by atoms with Crippen LogP contribution in [0, 0.1) is 0 Å². The average Bonchev–Trinajstić information content (AvgIpc) is 2.55. The number of hydrogen-bond donors (Lipinski definition) is 0. The minimum Gasteiger partial charge on any atom is -0.497 e. The number of nitrogens with zero attached hydrogens (tertiary/aromatic N) is 1. The molecule has 2 aromatic carbocycles. The highest BCUT2D eigenvalue weighted by Crippen LogP contribution is 2.23. The molecule has 0 heterocycles. The van der Waals surface area contributed by atoms with Crippen LogP contribution in [-0.4, -0.2) is 26.4 Å². The molecule has 0 saturated carbocycles. The van der Waals surface area contributed by atoms with Gasteiger partial charge in [0.05, 0.1) is 26.0 Å². The summed E-state index contributed by atoms with van der Waals surface area (Å²) in [5.41, 5.74) is 1.12. The van der Waals surface area contributed by atoms with Crippen LogP contribution in [0.25, 0.3) is 0 Å². The van der Waals surface area contributed by atoms with Crippen molar-refractivity contribution in [2.75, 3.05) is 14.2 Å². The Morgan fingerprint density at radius 1 is 1.05 bits per heavy atom. The standard InChI is InChI=1S/C16H15NO4/c1-19-14-9-8-13(15(10-14)20-2)11-17-21-16(18)12-6-4-3-5-7-12/h3-11H,1-2H3. The van der Waals surface area contributed by atoms with Gasteiger partial charge in [0.15, 0.2) is 0 Å². The smallest absolute Gasteiger partial charge is 0.365 e. The van der Waals surface area contributed by atoms with E-state index in [1.54, 1.807) is 56.7 Å². The molecule has 5 heteroatoms. The molecule has 0 amide bonds. The second-order valence-corrected chi connectivity index (χ2v) is 4.09. The van der Waals surface area contributed by atoms with E-state index in [1.807, 2.05) is 6.07 Å². The fourth-order valence-corrected chi connectivity index (χ4v) is 1.68. The summed E-state index contributed by atoms with van der Waals surface area (Å²) in [6, 6.07) is 13.9. The number of methoxy groups -OCH3 is 2. The molecule has 0 unspecified atom stereocenters. The maximum absolute atomic E-state index is 11.7. The van der Waals surface area contributed by atoms with Crippen molar-refractivity contribution in [2.45, 2.75) is 0 Å². The third-order valence-electron chi connectivity index (χ3n) is 2.78. The summed E-state index contributed by atoms with van der Waals surface area (Å²) in [6.45, 7) is 0. The third-order valence-corrected chi connectivity index (χ3v) is 2.78. The van der Waals surface area contributed by atoms with Crippen LogP contribution in [-0.2, 0) is 4.84 Å². The fourth-order valence-electron chi connectivity index (χ4n) is 1.68. The second kappa shape index (κ2) is 7.09. The van der Waals surface area contributed by atoms with Gasteiger partial charge in [0, 0.05) is 11.6 Å². The lowest BCUT2D eigenvalue weighted by Crippen LogP contribution is -2.00. The normalized spacial score (nSPS) is 10.4. The van der Waals surface area contributed by atoms with E-state index in [2.05, 4.69) is 5.16 Å². The van der Waals surface area contributed by atoms with Crippen molar-refractivity contribution in [3.63, 3.8) is 0 Å². The number of oxime groups is 1. The van der Waals surface area contributed by atoms with Crippen molar-refractivity contribution < 1.29 is 19.1 Å². The van der Waals surface area contributed by atoms with Crippen LogP contribution in [0.4, 0.5) is 0 Å². The van der Waals surface area contributed by atoms with Gasteiger partial charge >= 0.3 is 5.97 Å². The Morgan fingerprint density at radius 3 is 2.48 bits per heavy atom.